The predicted octanol–water partition coefficient (Wildman–Crippen LogP) is 3.14. The third-order valence-corrected chi connectivity index (χ3v) is 3.27. The molecule has 2 aromatic rings. The fourth-order valence-electron chi connectivity index (χ4n) is 2.16. The van der Waals surface area contributed by atoms with Gasteiger partial charge in [0.1, 0.15) is 5.75 Å². The Morgan fingerprint density at radius 1 is 1.24 bits per heavy atom. The number of hydrogen-bond acceptors (Lipinski definition) is 3. The molecule has 2 rings (SSSR count). The highest BCUT2D eigenvalue weighted by Gasteiger charge is 2.10. The fraction of sp³-hybridized carbons (Fsp3) is 0.471. The number of nitrogens with one attached hydrogen (secondary N) is 1. The molecule has 0 aliphatic carbocycles. The number of ether oxygens (including phenoxy) is 1. The van der Waals surface area contributed by atoms with Crippen molar-refractivity contribution in [3.8, 4) is 5.75 Å². The Kier molecular flexibility index (Phi) is 4.68. The monoisotopic (exact) mass is 287 g/mol. The molecule has 0 spiro atoms. The first kappa shape index (κ1) is 15.6. The van der Waals surface area contributed by atoms with Crippen LogP contribution in [0.15, 0.2) is 30.5 Å². The summed E-state index contributed by atoms with van der Waals surface area (Å²) in [4.78, 5) is 0. The highest BCUT2D eigenvalue weighted by Crippen LogP contribution is 2.21. The molecule has 4 heteroatoms. The maximum absolute atomic E-state index is 5.46. The van der Waals surface area contributed by atoms with Crippen LogP contribution in [0.4, 0.5) is 0 Å². The number of rotatable bonds is 5. The molecule has 0 unspecified atom stereocenters. The van der Waals surface area contributed by atoms with Gasteiger partial charge in [0.05, 0.1) is 19.3 Å². The summed E-state index contributed by atoms with van der Waals surface area (Å²) >= 11 is 0. The van der Waals surface area contributed by atoms with E-state index in [9.17, 15) is 0 Å². The van der Waals surface area contributed by atoms with Crippen LogP contribution in [-0.2, 0) is 13.1 Å². The van der Waals surface area contributed by atoms with Crippen LogP contribution in [-0.4, -0.2) is 22.4 Å². The van der Waals surface area contributed by atoms with E-state index in [4.69, 9.17) is 4.74 Å². The summed E-state index contributed by atoms with van der Waals surface area (Å²) in [6.07, 6.45) is 1.99. The van der Waals surface area contributed by atoms with Gasteiger partial charge in [0.15, 0.2) is 0 Å². The van der Waals surface area contributed by atoms with E-state index < -0.39 is 0 Å². The van der Waals surface area contributed by atoms with E-state index >= 15 is 0 Å². The molecule has 114 valence electrons. The Balaban J connectivity index is 2.17. The largest absolute Gasteiger partial charge is 0.496 e. The molecule has 0 fully saturated rings. The summed E-state index contributed by atoms with van der Waals surface area (Å²) in [6, 6.07) is 8.34. The number of nitrogens with zero attached hydrogens (tertiary/aromatic N) is 2. The molecular formula is C17H25N3O. The highest BCUT2D eigenvalue weighted by atomic mass is 16.5. The average Bonchev–Trinajstić information content (AvgIpc) is 2.81. The first-order valence-electron chi connectivity index (χ1n) is 7.28. The molecule has 21 heavy (non-hydrogen) atoms. The average molecular weight is 287 g/mol. The molecular weight excluding hydrogens is 262 g/mol. The van der Waals surface area contributed by atoms with Gasteiger partial charge in [0.25, 0.3) is 0 Å². The van der Waals surface area contributed by atoms with Gasteiger partial charge in [-0.15, -0.1) is 0 Å². The first-order valence-corrected chi connectivity index (χ1v) is 7.28. The van der Waals surface area contributed by atoms with Crippen molar-refractivity contribution < 1.29 is 4.74 Å². The fourth-order valence-corrected chi connectivity index (χ4v) is 2.16. The van der Waals surface area contributed by atoms with Crippen molar-refractivity contribution in [1.29, 1.82) is 0 Å². The topological polar surface area (TPSA) is 39.1 Å². The third-order valence-electron chi connectivity index (χ3n) is 3.27. The summed E-state index contributed by atoms with van der Waals surface area (Å²) in [5.41, 5.74) is 3.54. The Bertz CT molecular complexity index is 596. The summed E-state index contributed by atoms with van der Waals surface area (Å²) in [5.74, 6) is 0.905. The zero-order valence-corrected chi connectivity index (χ0v) is 13.6. The Morgan fingerprint density at radius 2 is 2.00 bits per heavy atom. The summed E-state index contributed by atoms with van der Waals surface area (Å²) < 4.78 is 7.40. The zero-order chi connectivity index (χ0) is 15.5. The number of aryl methyl sites for hydroxylation is 1. The molecule has 0 aliphatic heterocycles. The molecule has 1 aromatic heterocycles. The van der Waals surface area contributed by atoms with E-state index in [1.807, 2.05) is 29.9 Å². The quantitative estimate of drug-likeness (QED) is 0.918. The molecule has 0 saturated heterocycles. The minimum absolute atomic E-state index is 0.110. The van der Waals surface area contributed by atoms with Crippen LogP contribution in [0.5, 0.6) is 5.75 Å². The van der Waals surface area contributed by atoms with E-state index in [-0.39, 0.29) is 5.54 Å². The van der Waals surface area contributed by atoms with Gasteiger partial charge < -0.3 is 10.1 Å². The number of methoxy groups -OCH3 is 1. The summed E-state index contributed by atoms with van der Waals surface area (Å²) in [6.45, 7) is 10.1. The van der Waals surface area contributed by atoms with Crippen molar-refractivity contribution in [2.45, 2.75) is 46.3 Å². The van der Waals surface area contributed by atoms with E-state index in [0.29, 0.717) is 0 Å². The van der Waals surface area contributed by atoms with Crippen molar-refractivity contribution in [1.82, 2.24) is 15.1 Å². The SMILES string of the molecule is COc1ccc(CNC(C)(C)C)cc1Cn1ccc(C)n1. The van der Waals surface area contributed by atoms with Gasteiger partial charge in [0, 0.05) is 23.8 Å². The van der Waals surface area contributed by atoms with Gasteiger partial charge in [-0.25, -0.2) is 0 Å². The minimum Gasteiger partial charge on any atom is -0.496 e. The first-order chi connectivity index (χ1) is 9.87. The lowest BCUT2D eigenvalue weighted by Gasteiger charge is -2.21. The zero-order valence-electron chi connectivity index (χ0n) is 13.6. The van der Waals surface area contributed by atoms with Crippen molar-refractivity contribution in [2.75, 3.05) is 7.11 Å². The molecule has 0 aliphatic rings. The van der Waals surface area contributed by atoms with Crippen LogP contribution >= 0.6 is 0 Å². The Hall–Kier alpha value is -1.81. The van der Waals surface area contributed by atoms with Crippen LogP contribution < -0.4 is 10.1 Å². The van der Waals surface area contributed by atoms with Crippen molar-refractivity contribution in [3.63, 3.8) is 0 Å². The van der Waals surface area contributed by atoms with Gasteiger partial charge in [-0.05, 0) is 51.5 Å². The standard InChI is InChI=1S/C17H25N3O/c1-13-8-9-20(19-13)12-15-10-14(6-7-16(15)21-5)11-18-17(2,3)4/h6-10,18H,11-12H2,1-5H3. The van der Waals surface area contributed by atoms with E-state index in [1.165, 1.54) is 5.56 Å². The predicted molar refractivity (Wildman–Crippen MR) is 85.7 cm³/mol. The maximum atomic E-state index is 5.46. The normalized spacial score (nSPS) is 11.7. The summed E-state index contributed by atoms with van der Waals surface area (Å²) in [5, 5.41) is 7.95. The van der Waals surface area contributed by atoms with Gasteiger partial charge in [-0.2, -0.15) is 5.10 Å². The lowest BCUT2D eigenvalue weighted by molar-refractivity contribution is 0.405. The second-order valence-corrected chi connectivity index (χ2v) is 6.40. The smallest absolute Gasteiger partial charge is 0.123 e. The van der Waals surface area contributed by atoms with E-state index in [1.54, 1.807) is 7.11 Å². The van der Waals surface area contributed by atoms with Gasteiger partial charge >= 0.3 is 0 Å². The maximum Gasteiger partial charge on any atom is 0.123 e. The van der Waals surface area contributed by atoms with E-state index in [0.717, 1.165) is 30.1 Å². The highest BCUT2D eigenvalue weighted by molar-refractivity contribution is 5.37. The Morgan fingerprint density at radius 3 is 2.57 bits per heavy atom. The van der Waals surface area contributed by atoms with Crippen LogP contribution in [0.1, 0.15) is 37.6 Å². The molecule has 1 N–H and O–H groups in total. The molecule has 0 atom stereocenters. The molecule has 0 bridgehead atoms. The molecule has 0 amide bonds. The van der Waals surface area contributed by atoms with Crippen molar-refractivity contribution >= 4 is 0 Å². The van der Waals surface area contributed by atoms with Crippen molar-refractivity contribution in [2.24, 2.45) is 0 Å². The number of hydrogen-bond donors (Lipinski definition) is 1. The minimum atomic E-state index is 0.110. The molecule has 4 nitrogen and oxygen atoms in total. The van der Waals surface area contributed by atoms with Crippen LogP contribution in [0.25, 0.3) is 0 Å². The number of aromatic nitrogens is 2. The summed E-state index contributed by atoms with van der Waals surface area (Å²) in [7, 11) is 1.71. The van der Waals surface area contributed by atoms with Crippen LogP contribution in [0.3, 0.4) is 0 Å². The van der Waals surface area contributed by atoms with Crippen LogP contribution in [0, 0.1) is 6.92 Å². The second kappa shape index (κ2) is 6.31. The van der Waals surface area contributed by atoms with Crippen molar-refractivity contribution in [3.05, 3.63) is 47.3 Å². The third kappa shape index (κ3) is 4.60. The Labute approximate surface area is 127 Å². The van der Waals surface area contributed by atoms with Gasteiger partial charge in [0.2, 0.25) is 0 Å². The lowest BCUT2D eigenvalue weighted by Crippen LogP contribution is -2.35. The number of benzene rings is 1. The van der Waals surface area contributed by atoms with Crippen LogP contribution in [0.2, 0.25) is 0 Å². The molecule has 0 radical (unpaired) electrons. The molecule has 1 aromatic carbocycles. The van der Waals surface area contributed by atoms with E-state index in [2.05, 4.69) is 43.3 Å². The van der Waals surface area contributed by atoms with Gasteiger partial charge in [-0.1, -0.05) is 6.07 Å². The second-order valence-electron chi connectivity index (χ2n) is 6.40. The lowest BCUT2D eigenvalue weighted by atomic mass is 10.1. The molecule has 0 saturated carbocycles. The van der Waals surface area contributed by atoms with Gasteiger partial charge in [-0.3, -0.25) is 4.68 Å². The molecule has 1 heterocycles.